The Morgan fingerprint density at radius 3 is 1.68 bits per heavy atom. The van der Waals surface area contributed by atoms with Crippen LogP contribution in [0.2, 0.25) is 0 Å². The van der Waals surface area contributed by atoms with Gasteiger partial charge in [-0.2, -0.15) is 0 Å². The van der Waals surface area contributed by atoms with E-state index >= 15 is 0 Å². The van der Waals surface area contributed by atoms with Crippen LogP contribution in [0, 0.1) is 0 Å². The number of hydrogen-bond donors (Lipinski definition) is 1. The Hall–Kier alpha value is -1.64. The van der Waals surface area contributed by atoms with Crippen molar-refractivity contribution in [1.29, 1.82) is 0 Å². The fraction of sp³-hybridized carbons (Fsp3) is 0.400. The average Bonchev–Trinajstić information content (AvgIpc) is 2.56. The molecule has 0 spiro atoms. The van der Waals surface area contributed by atoms with Crippen LogP contribution in [0.25, 0.3) is 0 Å². The molecule has 0 amide bonds. The molecule has 4 N–H and O–H groups in total. The van der Waals surface area contributed by atoms with E-state index < -0.39 is 0 Å². The molecule has 0 aliphatic carbocycles. The molecule has 0 radical (unpaired) electrons. The van der Waals surface area contributed by atoms with E-state index in [4.69, 9.17) is 5.73 Å². The van der Waals surface area contributed by atoms with Crippen LogP contribution in [0.4, 0.5) is 0 Å². The number of benzene rings is 2. The molecule has 0 heterocycles. The van der Waals surface area contributed by atoms with E-state index in [1.807, 2.05) is 0 Å². The second-order valence-corrected chi connectivity index (χ2v) is 5.81. The maximum atomic E-state index is 6.71. The Morgan fingerprint density at radius 1 is 0.864 bits per heavy atom. The normalized spacial score (nSPS) is 12.5. The lowest BCUT2D eigenvalue weighted by Crippen LogP contribution is -2.46. The van der Waals surface area contributed by atoms with Gasteiger partial charge in [0.1, 0.15) is 0 Å². The fourth-order valence-corrected chi connectivity index (χ4v) is 3.41. The van der Waals surface area contributed by atoms with E-state index in [0.717, 1.165) is 12.8 Å². The van der Waals surface area contributed by atoms with Gasteiger partial charge in [-0.15, -0.1) is 0 Å². The van der Waals surface area contributed by atoms with Crippen molar-refractivity contribution in [3.05, 3.63) is 71.8 Å². The zero-order valence-corrected chi connectivity index (χ0v) is 13.8. The number of hydrogen-bond acceptors (Lipinski definition) is 1. The van der Waals surface area contributed by atoms with Crippen molar-refractivity contribution in [2.75, 3.05) is 0 Å². The second kappa shape index (κ2) is 8.72. The van der Waals surface area contributed by atoms with Crippen molar-refractivity contribution in [2.24, 2.45) is 5.73 Å². The molecule has 2 nitrogen and oxygen atoms in total. The molecular weight excluding hydrogens is 270 g/mol. The second-order valence-electron chi connectivity index (χ2n) is 5.81. The summed E-state index contributed by atoms with van der Waals surface area (Å²) in [7, 11) is 0. The van der Waals surface area contributed by atoms with Crippen molar-refractivity contribution in [3.8, 4) is 0 Å². The lowest BCUT2D eigenvalue weighted by molar-refractivity contribution is 0.367. The van der Waals surface area contributed by atoms with Crippen molar-refractivity contribution in [3.63, 3.8) is 0 Å². The Balaban J connectivity index is 0.00000242. The van der Waals surface area contributed by atoms with Gasteiger partial charge in [-0.05, 0) is 24.0 Å². The van der Waals surface area contributed by atoms with Crippen LogP contribution in [-0.2, 0) is 5.41 Å². The summed E-state index contributed by atoms with van der Waals surface area (Å²) in [5, 5.41) is 0. The molecule has 0 saturated heterocycles. The van der Waals surface area contributed by atoms with E-state index in [-0.39, 0.29) is 16.9 Å². The minimum absolute atomic E-state index is 0. The maximum Gasteiger partial charge on any atom is 0.0351 e. The predicted molar refractivity (Wildman–Crippen MR) is 95.1 cm³/mol. The Kier molecular flexibility index (Phi) is 7.30. The highest BCUT2D eigenvalue weighted by Gasteiger charge is 2.37. The summed E-state index contributed by atoms with van der Waals surface area (Å²) >= 11 is 0. The van der Waals surface area contributed by atoms with Crippen LogP contribution < -0.4 is 5.73 Å². The number of nitrogens with two attached hydrogens (primary N) is 1. The van der Waals surface area contributed by atoms with Crippen LogP contribution in [0.5, 0.6) is 0 Å². The average molecular weight is 299 g/mol. The monoisotopic (exact) mass is 299 g/mol. The maximum absolute atomic E-state index is 6.71. The zero-order valence-electron chi connectivity index (χ0n) is 13.8. The Bertz CT molecular complexity index is 484. The van der Waals surface area contributed by atoms with Gasteiger partial charge < -0.3 is 11.2 Å². The van der Waals surface area contributed by atoms with Crippen LogP contribution in [-0.4, -0.2) is 11.5 Å². The lowest BCUT2D eigenvalue weighted by Gasteiger charge is -2.40. The van der Waals surface area contributed by atoms with Crippen molar-refractivity contribution < 1.29 is 5.48 Å². The smallest absolute Gasteiger partial charge is 0.0351 e. The molecule has 2 aromatic rings. The number of unbranched alkanes of at least 4 members (excludes halogenated alkanes) is 1. The third-order valence-electron chi connectivity index (χ3n) is 4.64. The van der Waals surface area contributed by atoms with Crippen molar-refractivity contribution >= 4 is 0 Å². The van der Waals surface area contributed by atoms with Gasteiger partial charge in [-0.3, -0.25) is 0 Å². The van der Waals surface area contributed by atoms with Gasteiger partial charge in [0.15, 0.2) is 0 Å². The van der Waals surface area contributed by atoms with E-state index in [9.17, 15) is 0 Å². The minimum atomic E-state index is -0.0856. The zero-order chi connectivity index (χ0) is 15.1. The first-order chi connectivity index (χ1) is 10.3. The predicted octanol–water partition coefficient (Wildman–Crippen LogP) is 4.08. The Morgan fingerprint density at radius 2 is 1.32 bits per heavy atom. The van der Waals surface area contributed by atoms with E-state index in [1.165, 1.54) is 24.0 Å². The summed E-state index contributed by atoms with van der Waals surface area (Å²) in [6.07, 6.45) is 4.46. The molecular formula is C20H29NO. The van der Waals surface area contributed by atoms with Gasteiger partial charge in [0.2, 0.25) is 0 Å². The molecule has 0 aliphatic rings. The van der Waals surface area contributed by atoms with Crippen molar-refractivity contribution in [1.82, 2.24) is 0 Å². The molecule has 2 rings (SSSR count). The fourth-order valence-electron chi connectivity index (χ4n) is 3.41. The molecule has 1 atom stereocenters. The first kappa shape index (κ1) is 18.4. The molecule has 0 aliphatic heterocycles. The topological polar surface area (TPSA) is 57.5 Å². The molecule has 1 unspecified atom stereocenters. The van der Waals surface area contributed by atoms with Gasteiger partial charge >= 0.3 is 0 Å². The molecule has 2 heteroatoms. The largest absolute Gasteiger partial charge is 0.412 e. The van der Waals surface area contributed by atoms with Crippen LogP contribution in [0.15, 0.2) is 60.7 Å². The molecule has 0 fully saturated rings. The third kappa shape index (κ3) is 3.57. The highest BCUT2D eigenvalue weighted by molar-refractivity contribution is 5.41. The van der Waals surface area contributed by atoms with Crippen LogP contribution in [0.3, 0.4) is 0 Å². The lowest BCUT2D eigenvalue weighted by atomic mass is 9.66. The summed E-state index contributed by atoms with van der Waals surface area (Å²) in [6.45, 7) is 4.48. The standard InChI is InChI=1S/C20H27N.H2O/c1-3-5-16-19(21)20(4-2,17-12-8-6-9-13-17)18-14-10-7-11-15-18;/h6-15,19H,3-5,16,21H2,1-2H3;1H2. The third-order valence-corrected chi connectivity index (χ3v) is 4.64. The SMILES string of the molecule is CCCCC(N)C(CC)(c1ccccc1)c1ccccc1.O. The number of rotatable bonds is 7. The molecule has 0 bridgehead atoms. The molecule has 2 aromatic carbocycles. The Labute approximate surface area is 134 Å². The molecule has 22 heavy (non-hydrogen) atoms. The van der Waals surface area contributed by atoms with Gasteiger partial charge in [-0.1, -0.05) is 87.4 Å². The summed E-state index contributed by atoms with van der Waals surface area (Å²) in [4.78, 5) is 0. The summed E-state index contributed by atoms with van der Waals surface area (Å²) < 4.78 is 0. The highest BCUT2D eigenvalue weighted by Crippen LogP contribution is 2.39. The van der Waals surface area contributed by atoms with E-state index in [1.54, 1.807) is 0 Å². The van der Waals surface area contributed by atoms with Gasteiger partial charge in [0, 0.05) is 11.5 Å². The van der Waals surface area contributed by atoms with Gasteiger partial charge in [0.05, 0.1) is 0 Å². The minimum Gasteiger partial charge on any atom is -0.412 e. The summed E-state index contributed by atoms with van der Waals surface area (Å²) in [6, 6.07) is 21.7. The highest BCUT2D eigenvalue weighted by atomic mass is 16.0. The molecule has 0 saturated carbocycles. The first-order valence-electron chi connectivity index (χ1n) is 8.12. The first-order valence-corrected chi connectivity index (χ1v) is 8.12. The van der Waals surface area contributed by atoms with E-state index in [0.29, 0.717) is 0 Å². The molecule has 0 aromatic heterocycles. The van der Waals surface area contributed by atoms with Crippen molar-refractivity contribution in [2.45, 2.75) is 51.0 Å². The van der Waals surface area contributed by atoms with Gasteiger partial charge in [-0.25, -0.2) is 0 Å². The van der Waals surface area contributed by atoms with E-state index in [2.05, 4.69) is 74.5 Å². The summed E-state index contributed by atoms with van der Waals surface area (Å²) in [5.41, 5.74) is 9.30. The van der Waals surface area contributed by atoms with Crippen LogP contribution in [0.1, 0.15) is 50.7 Å². The summed E-state index contributed by atoms with van der Waals surface area (Å²) in [5.74, 6) is 0. The van der Waals surface area contributed by atoms with Crippen LogP contribution >= 0.6 is 0 Å². The molecule has 120 valence electrons. The van der Waals surface area contributed by atoms with Gasteiger partial charge in [0.25, 0.3) is 0 Å². The quantitative estimate of drug-likeness (QED) is 0.823.